The predicted molar refractivity (Wildman–Crippen MR) is 97.7 cm³/mol. The average molecular weight is 367 g/mol. The van der Waals surface area contributed by atoms with Gasteiger partial charge in [-0.05, 0) is 64.0 Å². The molecule has 25 heavy (non-hydrogen) atoms. The molecule has 1 unspecified atom stereocenters. The quantitative estimate of drug-likeness (QED) is 0.874. The number of nitrogens with zero attached hydrogens (tertiary/aromatic N) is 2. The molecule has 136 valence electrons. The molecule has 0 bridgehead atoms. The van der Waals surface area contributed by atoms with Crippen molar-refractivity contribution in [3.63, 3.8) is 0 Å². The van der Waals surface area contributed by atoms with E-state index in [-0.39, 0.29) is 36.1 Å². The zero-order chi connectivity index (χ0) is 17.1. The van der Waals surface area contributed by atoms with Crippen LogP contribution in [0.1, 0.15) is 37.1 Å². The number of halogens is 2. The highest BCUT2D eigenvalue weighted by molar-refractivity contribution is 5.85. The Balaban J connectivity index is 0.00000225. The van der Waals surface area contributed by atoms with E-state index in [1.54, 1.807) is 23.0 Å². The summed E-state index contributed by atoms with van der Waals surface area (Å²) in [5, 5.41) is 10.8. The Bertz CT molecular complexity index is 710. The number of carbonyl (C=O) groups is 1. The summed E-state index contributed by atoms with van der Waals surface area (Å²) in [5.74, 6) is -0.0783. The molecule has 1 fully saturated rings. The molecule has 0 saturated carbocycles. The van der Waals surface area contributed by atoms with Crippen LogP contribution in [0.15, 0.2) is 30.5 Å². The second-order valence-electron chi connectivity index (χ2n) is 6.33. The third kappa shape index (κ3) is 4.38. The fourth-order valence-corrected chi connectivity index (χ4v) is 3.18. The SMILES string of the molecule is Cc1c(C(C)NC(=O)C2CCNCC2)cnn1-c1ccc(F)cc1.Cl. The number of benzene rings is 1. The summed E-state index contributed by atoms with van der Waals surface area (Å²) in [6.07, 6.45) is 3.53. The Morgan fingerprint density at radius 1 is 1.32 bits per heavy atom. The van der Waals surface area contributed by atoms with Gasteiger partial charge in [-0.25, -0.2) is 9.07 Å². The van der Waals surface area contributed by atoms with Crippen molar-refractivity contribution in [2.45, 2.75) is 32.7 Å². The molecule has 1 aromatic carbocycles. The molecule has 1 aromatic heterocycles. The lowest BCUT2D eigenvalue weighted by atomic mass is 9.96. The van der Waals surface area contributed by atoms with Crippen LogP contribution in [0.3, 0.4) is 0 Å². The molecule has 5 nitrogen and oxygen atoms in total. The van der Waals surface area contributed by atoms with Gasteiger partial charge in [-0.15, -0.1) is 12.4 Å². The summed E-state index contributed by atoms with van der Waals surface area (Å²) in [6, 6.07) is 6.10. The maximum absolute atomic E-state index is 13.1. The largest absolute Gasteiger partial charge is 0.349 e. The minimum atomic E-state index is -0.272. The Morgan fingerprint density at radius 3 is 2.60 bits per heavy atom. The summed E-state index contributed by atoms with van der Waals surface area (Å²) in [7, 11) is 0. The zero-order valence-corrected chi connectivity index (χ0v) is 15.3. The summed E-state index contributed by atoms with van der Waals surface area (Å²) in [4.78, 5) is 12.4. The number of rotatable bonds is 4. The number of hydrogen-bond acceptors (Lipinski definition) is 3. The van der Waals surface area contributed by atoms with Gasteiger partial charge in [0, 0.05) is 17.2 Å². The van der Waals surface area contributed by atoms with Crippen molar-refractivity contribution < 1.29 is 9.18 Å². The van der Waals surface area contributed by atoms with E-state index >= 15 is 0 Å². The predicted octanol–water partition coefficient (Wildman–Crippen LogP) is 2.92. The van der Waals surface area contributed by atoms with Gasteiger partial charge < -0.3 is 10.6 Å². The second kappa shape index (κ2) is 8.45. The van der Waals surface area contributed by atoms with Gasteiger partial charge in [-0.1, -0.05) is 0 Å². The first-order chi connectivity index (χ1) is 11.6. The molecule has 0 spiro atoms. The third-order valence-corrected chi connectivity index (χ3v) is 4.65. The van der Waals surface area contributed by atoms with Crippen LogP contribution in [0.5, 0.6) is 0 Å². The van der Waals surface area contributed by atoms with Crippen molar-refractivity contribution in [1.82, 2.24) is 20.4 Å². The Kier molecular flexibility index (Phi) is 6.56. The Morgan fingerprint density at radius 2 is 1.96 bits per heavy atom. The second-order valence-corrected chi connectivity index (χ2v) is 6.33. The zero-order valence-electron chi connectivity index (χ0n) is 14.5. The molecule has 0 radical (unpaired) electrons. The molecule has 1 amide bonds. The van der Waals surface area contributed by atoms with Crippen molar-refractivity contribution in [2.75, 3.05) is 13.1 Å². The van der Waals surface area contributed by atoms with E-state index in [9.17, 15) is 9.18 Å². The van der Waals surface area contributed by atoms with Gasteiger partial charge in [0.15, 0.2) is 0 Å². The van der Waals surface area contributed by atoms with E-state index in [1.807, 2.05) is 13.8 Å². The van der Waals surface area contributed by atoms with Crippen molar-refractivity contribution in [1.29, 1.82) is 0 Å². The number of carbonyl (C=O) groups excluding carboxylic acids is 1. The van der Waals surface area contributed by atoms with Gasteiger partial charge in [-0.2, -0.15) is 5.10 Å². The molecule has 1 atom stereocenters. The van der Waals surface area contributed by atoms with E-state index in [0.717, 1.165) is 42.9 Å². The molecule has 3 rings (SSSR count). The molecule has 2 heterocycles. The van der Waals surface area contributed by atoms with Crippen LogP contribution >= 0.6 is 12.4 Å². The van der Waals surface area contributed by atoms with Gasteiger partial charge in [0.05, 0.1) is 17.9 Å². The number of hydrogen-bond donors (Lipinski definition) is 2. The lowest BCUT2D eigenvalue weighted by Crippen LogP contribution is -2.39. The van der Waals surface area contributed by atoms with Crippen LogP contribution in [0.2, 0.25) is 0 Å². The lowest BCUT2D eigenvalue weighted by molar-refractivity contribution is -0.126. The third-order valence-electron chi connectivity index (χ3n) is 4.65. The summed E-state index contributed by atoms with van der Waals surface area (Å²) < 4.78 is 14.8. The first-order valence-electron chi connectivity index (χ1n) is 8.38. The van der Waals surface area contributed by atoms with Gasteiger partial charge in [0.25, 0.3) is 0 Å². The van der Waals surface area contributed by atoms with Crippen LogP contribution in [0, 0.1) is 18.7 Å². The molecule has 7 heteroatoms. The minimum Gasteiger partial charge on any atom is -0.349 e. The smallest absolute Gasteiger partial charge is 0.223 e. The van der Waals surface area contributed by atoms with Gasteiger partial charge >= 0.3 is 0 Å². The van der Waals surface area contributed by atoms with Crippen LogP contribution in [0.25, 0.3) is 5.69 Å². The molecular formula is C18H24ClFN4O. The number of nitrogens with one attached hydrogen (secondary N) is 2. The highest BCUT2D eigenvalue weighted by atomic mass is 35.5. The Labute approximate surface area is 153 Å². The highest BCUT2D eigenvalue weighted by Crippen LogP contribution is 2.21. The number of piperidine rings is 1. The molecule has 2 aromatic rings. The Hall–Kier alpha value is -1.92. The van der Waals surface area contributed by atoms with E-state index in [2.05, 4.69) is 15.7 Å². The topological polar surface area (TPSA) is 59.0 Å². The maximum atomic E-state index is 13.1. The maximum Gasteiger partial charge on any atom is 0.223 e. The van der Waals surface area contributed by atoms with Crippen LogP contribution in [0.4, 0.5) is 4.39 Å². The van der Waals surface area contributed by atoms with Crippen LogP contribution in [-0.2, 0) is 4.79 Å². The van der Waals surface area contributed by atoms with E-state index in [0.29, 0.717) is 0 Å². The normalized spacial score (nSPS) is 16.1. The summed E-state index contributed by atoms with van der Waals surface area (Å²) in [6.45, 7) is 5.72. The fourth-order valence-electron chi connectivity index (χ4n) is 3.18. The molecular weight excluding hydrogens is 343 g/mol. The lowest BCUT2D eigenvalue weighted by Gasteiger charge is -2.24. The van der Waals surface area contributed by atoms with Gasteiger partial charge in [-0.3, -0.25) is 4.79 Å². The molecule has 1 saturated heterocycles. The number of amides is 1. The summed E-state index contributed by atoms with van der Waals surface area (Å²) in [5.41, 5.74) is 2.72. The summed E-state index contributed by atoms with van der Waals surface area (Å²) >= 11 is 0. The van der Waals surface area contributed by atoms with E-state index < -0.39 is 0 Å². The molecule has 2 N–H and O–H groups in total. The van der Waals surface area contributed by atoms with E-state index in [4.69, 9.17) is 0 Å². The first kappa shape index (κ1) is 19.4. The van der Waals surface area contributed by atoms with Gasteiger partial charge in [0.1, 0.15) is 5.82 Å². The molecule has 1 aliphatic heterocycles. The highest BCUT2D eigenvalue weighted by Gasteiger charge is 2.23. The van der Waals surface area contributed by atoms with Crippen molar-refractivity contribution in [3.05, 3.63) is 47.5 Å². The monoisotopic (exact) mass is 366 g/mol. The van der Waals surface area contributed by atoms with Crippen molar-refractivity contribution >= 4 is 18.3 Å². The van der Waals surface area contributed by atoms with Gasteiger partial charge in [0.2, 0.25) is 5.91 Å². The average Bonchev–Trinajstić information content (AvgIpc) is 2.98. The number of aromatic nitrogens is 2. The minimum absolute atomic E-state index is 0. The fraction of sp³-hybridized carbons (Fsp3) is 0.444. The van der Waals surface area contributed by atoms with Crippen molar-refractivity contribution in [3.8, 4) is 5.69 Å². The standard InChI is InChI=1S/C18H23FN4O.ClH/c1-12(22-18(24)14-7-9-20-10-8-14)17-11-21-23(13(17)2)16-5-3-15(19)4-6-16;/h3-6,11-12,14,20H,7-10H2,1-2H3,(H,22,24);1H. The van der Waals surface area contributed by atoms with E-state index in [1.165, 1.54) is 12.1 Å². The first-order valence-corrected chi connectivity index (χ1v) is 8.38. The van der Waals surface area contributed by atoms with Crippen LogP contribution in [-0.4, -0.2) is 28.8 Å². The van der Waals surface area contributed by atoms with Crippen molar-refractivity contribution in [2.24, 2.45) is 5.92 Å². The molecule has 0 aliphatic carbocycles. The van der Waals surface area contributed by atoms with Crippen LogP contribution < -0.4 is 10.6 Å². The molecule has 1 aliphatic rings.